The van der Waals surface area contributed by atoms with Crippen molar-refractivity contribution in [1.29, 1.82) is 0 Å². The number of hydrogen-bond acceptors (Lipinski definition) is 4. The van der Waals surface area contributed by atoms with E-state index in [2.05, 4.69) is 5.32 Å². The average Bonchev–Trinajstić information content (AvgIpc) is 2.24. The number of hydrogen-bond donors (Lipinski definition) is 2. The lowest BCUT2D eigenvalue weighted by Crippen LogP contribution is -2.44. The molecule has 0 aliphatic heterocycles. The monoisotopic (exact) mass is 306 g/mol. The maximum atomic E-state index is 11.7. The summed E-state index contributed by atoms with van der Waals surface area (Å²) in [7, 11) is -3.20. The molecule has 0 aromatic heterocycles. The molecule has 0 saturated heterocycles. The summed E-state index contributed by atoms with van der Waals surface area (Å²) in [6.07, 6.45) is 2.82. The van der Waals surface area contributed by atoms with E-state index in [4.69, 9.17) is 5.11 Å². The van der Waals surface area contributed by atoms with Crippen LogP contribution in [0.1, 0.15) is 26.2 Å². The predicted molar refractivity (Wildman–Crippen MR) is 73.6 cm³/mol. The molecule has 7 nitrogen and oxygen atoms in total. The fraction of sp³-hybridized carbons (Fsp3) is 0.833. The summed E-state index contributed by atoms with van der Waals surface area (Å²) < 4.78 is 24.0. The van der Waals surface area contributed by atoms with Crippen molar-refractivity contribution in [3.05, 3.63) is 0 Å². The SMILES string of the molecule is CCN(CCCNC(=O)C1CCC1C(=O)O)S(C)(=O)=O. The number of nitrogens with zero attached hydrogens (tertiary/aromatic N) is 1. The maximum Gasteiger partial charge on any atom is 0.307 e. The van der Waals surface area contributed by atoms with Gasteiger partial charge in [-0.15, -0.1) is 0 Å². The molecule has 8 heteroatoms. The standard InChI is InChI=1S/C12H22N2O5S/c1-3-14(20(2,18)19)8-4-7-13-11(15)9-5-6-10(9)12(16)17/h9-10H,3-8H2,1-2H3,(H,13,15)(H,16,17). The molecule has 0 radical (unpaired) electrons. The first-order valence-corrected chi connectivity index (χ1v) is 8.57. The molecule has 1 aliphatic rings. The number of carbonyl (C=O) groups is 2. The summed E-state index contributed by atoms with van der Waals surface area (Å²) in [5.41, 5.74) is 0. The summed E-state index contributed by atoms with van der Waals surface area (Å²) in [5.74, 6) is -2.18. The molecule has 1 fully saturated rings. The van der Waals surface area contributed by atoms with Crippen molar-refractivity contribution < 1.29 is 23.1 Å². The Hall–Kier alpha value is -1.15. The Morgan fingerprint density at radius 3 is 2.30 bits per heavy atom. The van der Waals surface area contributed by atoms with Crippen molar-refractivity contribution >= 4 is 21.9 Å². The molecule has 1 amide bonds. The van der Waals surface area contributed by atoms with Crippen LogP contribution in [0.25, 0.3) is 0 Å². The number of nitrogens with one attached hydrogen (secondary N) is 1. The van der Waals surface area contributed by atoms with Crippen LogP contribution in [0.4, 0.5) is 0 Å². The molecule has 116 valence electrons. The van der Waals surface area contributed by atoms with Crippen LogP contribution < -0.4 is 5.32 Å². The van der Waals surface area contributed by atoms with Crippen LogP contribution in [-0.4, -0.2) is 55.6 Å². The molecule has 1 rings (SSSR count). The van der Waals surface area contributed by atoms with E-state index in [1.54, 1.807) is 6.92 Å². The van der Waals surface area contributed by atoms with Crippen LogP contribution in [0.3, 0.4) is 0 Å². The largest absolute Gasteiger partial charge is 0.481 e. The van der Waals surface area contributed by atoms with Crippen LogP contribution in [0.2, 0.25) is 0 Å². The topological polar surface area (TPSA) is 104 Å². The second kappa shape index (κ2) is 7.03. The van der Waals surface area contributed by atoms with Gasteiger partial charge in [0.25, 0.3) is 0 Å². The minimum absolute atomic E-state index is 0.244. The Morgan fingerprint density at radius 1 is 1.30 bits per heavy atom. The number of carbonyl (C=O) groups excluding carboxylic acids is 1. The lowest BCUT2D eigenvalue weighted by atomic mass is 9.73. The molecule has 2 N–H and O–H groups in total. The molecular formula is C12H22N2O5S. The minimum atomic E-state index is -3.20. The normalized spacial score (nSPS) is 22.4. The Balaban J connectivity index is 2.28. The van der Waals surface area contributed by atoms with E-state index in [0.717, 1.165) is 6.26 Å². The van der Waals surface area contributed by atoms with E-state index >= 15 is 0 Å². The molecule has 0 aromatic carbocycles. The smallest absolute Gasteiger partial charge is 0.307 e. The van der Waals surface area contributed by atoms with Gasteiger partial charge in [-0.05, 0) is 19.3 Å². The van der Waals surface area contributed by atoms with Gasteiger partial charge in [-0.25, -0.2) is 12.7 Å². The Kier molecular flexibility index (Phi) is 5.94. The minimum Gasteiger partial charge on any atom is -0.481 e. The van der Waals surface area contributed by atoms with Gasteiger partial charge in [0.1, 0.15) is 0 Å². The predicted octanol–water partition coefficient (Wildman–Crippen LogP) is -0.115. The second-order valence-corrected chi connectivity index (χ2v) is 7.01. The zero-order valence-corrected chi connectivity index (χ0v) is 12.6. The number of aliphatic carboxylic acids is 1. The highest BCUT2D eigenvalue weighted by molar-refractivity contribution is 7.88. The quantitative estimate of drug-likeness (QED) is 0.609. The fourth-order valence-corrected chi connectivity index (χ4v) is 3.20. The van der Waals surface area contributed by atoms with E-state index < -0.39 is 27.8 Å². The third-order valence-electron chi connectivity index (χ3n) is 3.63. The number of sulfonamides is 1. The van der Waals surface area contributed by atoms with Crippen molar-refractivity contribution in [2.45, 2.75) is 26.2 Å². The summed E-state index contributed by atoms with van der Waals surface area (Å²) in [6, 6.07) is 0. The first-order chi connectivity index (χ1) is 9.27. The number of amides is 1. The summed E-state index contributed by atoms with van der Waals surface area (Å²) in [6.45, 7) is 2.86. The summed E-state index contributed by atoms with van der Waals surface area (Å²) in [5, 5.41) is 11.5. The van der Waals surface area contributed by atoms with E-state index in [-0.39, 0.29) is 5.91 Å². The van der Waals surface area contributed by atoms with E-state index in [1.165, 1.54) is 4.31 Å². The molecule has 0 aromatic rings. The molecule has 20 heavy (non-hydrogen) atoms. The van der Waals surface area contributed by atoms with Crippen LogP contribution in [0, 0.1) is 11.8 Å². The summed E-state index contributed by atoms with van der Waals surface area (Å²) in [4.78, 5) is 22.6. The zero-order valence-electron chi connectivity index (χ0n) is 11.8. The molecule has 2 atom stereocenters. The van der Waals surface area contributed by atoms with Gasteiger partial charge in [0.2, 0.25) is 15.9 Å². The second-order valence-electron chi connectivity index (χ2n) is 5.03. The first-order valence-electron chi connectivity index (χ1n) is 6.73. The Labute approximate surface area is 119 Å². The highest BCUT2D eigenvalue weighted by Gasteiger charge is 2.41. The fourth-order valence-electron chi connectivity index (χ4n) is 2.27. The lowest BCUT2D eigenvalue weighted by Gasteiger charge is -2.32. The first kappa shape index (κ1) is 16.9. The molecule has 2 unspecified atom stereocenters. The van der Waals surface area contributed by atoms with Gasteiger partial charge in [-0.2, -0.15) is 0 Å². The third-order valence-corrected chi connectivity index (χ3v) is 5.01. The number of carboxylic acids is 1. The molecule has 0 heterocycles. The van der Waals surface area contributed by atoms with Gasteiger partial charge in [-0.1, -0.05) is 6.92 Å². The Bertz CT molecular complexity index is 462. The molecule has 0 bridgehead atoms. The molecule has 1 saturated carbocycles. The van der Waals surface area contributed by atoms with E-state index in [1.807, 2.05) is 0 Å². The third kappa shape index (κ3) is 4.45. The molecule has 1 aliphatic carbocycles. The molecular weight excluding hydrogens is 284 g/mol. The average molecular weight is 306 g/mol. The van der Waals surface area contributed by atoms with Gasteiger partial charge in [0.05, 0.1) is 18.1 Å². The Morgan fingerprint density at radius 2 is 1.90 bits per heavy atom. The highest BCUT2D eigenvalue weighted by Crippen LogP contribution is 2.34. The summed E-state index contributed by atoms with van der Waals surface area (Å²) >= 11 is 0. The van der Waals surface area contributed by atoms with E-state index in [0.29, 0.717) is 38.9 Å². The van der Waals surface area contributed by atoms with Crippen LogP contribution in [0.15, 0.2) is 0 Å². The van der Waals surface area contributed by atoms with Crippen molar-refractivity contribution in [3.8, 4) is 0 Å². The van der Waals surface area contributed by atoms with E-state index in [9.17, 15) is 18.0 Å². The van der Waals surface area contributed by atoms with Crippen molar-refractivity contribution in [2.24, 2.45) is 11.8 Å². The van der Waals surface area contributed by atoms with Gasteiger partial charge >= 0.3 is 5.97 Å². The van der Waals surface area contributed by atoms with Crippen LogP contribution >= 0.6 is 0 Å². The van der Waals surface area contributed by atoms with Gasteiger partial charge < -0.3 is 10.4 Å². The molecule has 0 spiro atoms. The highest BCUT2D eigenvalue weighted by atomic mass is 32.2. The number of rotatable bonds is 8. The maximum absolute atomic E-state index is 11.7. The van der Waals surface area contributed by atoms with Gasteiger partial charge in [0, 0.05) is 19.6 Å². The van der Waals surface area contributed by atoms with Gasteiger partial charge in [0.15, 0.2) is 0 Å². The lowest BCUT2D eigenvalue weighted by molar-refractivity contribution is -0.152. The van der Waals surface area contributed by atoms with Crippen LogP contribution in [0.5, 0.6) is 0 Å². The number of carboxylic acid groups (broad SMARTS) is 1. The van der Waals surface area contributed by atoms with Crippen molar-refractivity contribution in [1.82, 2.24) is 9.62 Å². The van der Waals surface area contributed by atoms with Crippen LogP contribution in [-0.2, 0) is 19.6 Å². The zero-order chi connectivity index (χ0) is 15.3. The van der Waals surface area contributed by atoms with Gasteiger partial charge in [-0.3, -0.25) is 9.59 Å². The van der Waals surface area contributed by atoms with Crippen molar-refractivity contribution in [2.75, 3.05) is 25.9 Å². The van der Waals surface area contributed by atoms with Crippen molar-refractivity contribution in [3.63, 3.8) is 0 Å².